The topological polar surface area (TPSA) is 64.3 Å². The van der Waals surface area contributed by atoms with E-state index in [9.17, 15) is 4.79 Å². The van der Waals surface area contributed by atoms with Gasteiger partial charge in [0.15, 0.2) is 0 Å². The number of anilines is 1. The molecule has 1 aromatic carbocycles. The van der Waals surface area contributed by atoms with Crippen molar-refractivity contribution in [1.29, 1.82) is 0 Å². The molecule has 0 aromatic heterocycles. The van der Waals surface area contributed by atoms with Crippen LogP contribution in [0.25, 0.3) is 0 Å². The highest BCUT2D eigenvalue weighted by Gasteiger charge is 2.07. The van der Waals surface area contributed by atoms with Gasteiger partial charge in [-0.3, -0.25) is 0 Å². The van der Waals surface area contributed by atoms with Gasteiger partial charge in [-0.25, -0.2) is 4.79 Å². The number of nitrogens with one attached hydrogen (secondary N) is 1. The highest BCUT2D eigenvalue weighted by atomic mass is 16.5. The normalized spacial score (nSPS) is 10.0. The fourth-order valence-electron chi connectivity index (χ4n) is 1.26. The van der Waals surface area contributed by atoms with Gasteiger partial charge in [-0.15, -0.1) is 0 Å². The quantitative estimate of drug-likeness (QED) is 0.575. The summed E-state index contributed by atoms with van der Waals surface area (Å²) in [4.78, 5) is 11.2. The molecule has 0 saturated carbocycles. The Kier molecular flexibility index (Phi) is 4.12. The van der Waals surface area contributed by atoms with Gasteiger partial charge >= 0.3 is 5.97 Å². The summed E-state index contributed by atoms with van der Waals surface area (Å²) >= 11 is 0. The molecule has 0 bridgehead atoms. The molecule has 0 aliphatic carbocycles. The minimum absolute atomic E-state index is 0.364. The Morgan fingerprint density at radius 2 is 2.27 bits per heavy atom. The summed E-state index contributed by atoms with van der Waals surface area (Å²) in [6.07, 6.45) is 0. The van der Waals surface area contributed by atoms with Crippen LogP contribution < -0.4 is 11.1 Å². The summed E-state index contributed by atoms with van der Waals surface area (Å²) in [6, 6.07) is 5.19. The van der Waals surface area contributed by atoms with Crippen molar-refractivity contribution in [3.8, 4) is 0 Å². The minimum Gasteiger partial charge on any atom is -0.465 e. The number of esters is 1. The number of nitrogens with two attached hydrogens (primary N) is 1. The molecular formula is C11H16N2O2. The highest BCUT2D eigenvalue weighted by Crippen LogP contribution is 2.14. The van der Waals surface area contributed by atoms with Crippen LogP contribution in [-0.4, -0.2) is 19.6 Å². The van der Waals surface area contributed by atoms with Gasteiger partial charge in [0.1, 0.15) is 0 Å². The van der Waals surface area contributed by atoms with Crippen LogP contribution >= 0.6 is 0 Å². The summed E-state index contributed by atoms with van der Waals surface area (Å²) in [7, 11) is 1.35. The molecule has 0 amide bonds. The van der Waals surface area contributed by atoms with Crippen molar-refractivity contribution in [3.05, 3.63) is 29.3 Å². The van der Waals surface area contributed by atoms with Crippen molar-refractivity contribution in [1.82, 2.24) is 5.32 Å². The van der Waals surface area contributed by atoms with E-state index in [4.69, 9.17) is 5.73 Å². The lowest BCUT2D eigenvalue weighted by Gasteiger charge is -2.07. The molecular weight excluding hydrogens is 192 g/mol. The summed E-state index contributed by atoms with van der Waals surface area (Å²) in [5.74, 6) is -0.364. The molecule has 0 atom stereocenters. The van der Waals surface area contributed by atoms with Crippen LogP contribution in [0.5, 0.6) is 0 Å². The van der Waals surface area contributed by atoms with Gasteiger partial charge in [-0.1, -0.05) is 13.0 Å². The predicted octanol–water partition coefficient (Wildman–Crippen LogP) is 1.16. The maximum Gasteiger partial charge on any atom is 0.337 e. The van der Waals surface area contributed by atoms with Crippen LogP contribution in [0.1, 0.15) is 22.8 Å². The third-order valence-electron chi connectivity index (χ3n) is 2.13. The van der Waals surface area contributed by atoms with E-state index >= 15 is 0 Å². The van der Waals surface area contributed by atoms with E-state index in [1.807, 2.05) is 13.0 Å². The number of rotatable bonds is 4. The molecule has 15 heavy (non-hydrogen) atoms. The van der Waals surface area contributed by atoms with E-state index in [0.717, 1.165) is 12.1 Å². The third kappa shape index (κ3) is 2.95. The first-order valence-electron chi connectivity index (χ1n) is 4.86. The summed E-state index contributed by atoms with van der Waals surface area (Å²) in [5.41, 5.74) is 7.89. The van der Waals surface area contributed by atoms with Gasteiger partial charge in [0, 0.05) is 12.2 Å². The lowest BCUT2D eigenvalue weighted by atomic mass is 10.1. The monoisotopic (exact) mass is 208 g/mol. The van der Waals surface area contributed by atoms with Crippen molar-refractivity contribution in [2.24, 2.45) is 0 Å². The summed E-state index contributed by atoms with van der Waals surface area (Å²) in [6.45, 7) is 3.63. The molecule has 1 rings (SSSR count). The molecule has 0 saturated heterocycles. The number of methoxy groups -OCH3 is 1. The Bertz CT molecular complexity index is 350. The second kappa shape index (κ2) is 5.36. The molecule has 4 heteroatoms. The molecule has 0 unspecified atom stereocenters. The van der Waals surface area contributed by atoms with Crippen molar-refractivity contribution >= 4 is 11.7 Å². The van der Waals surface area contributed by atoms with Crippen molar-refractivity contribution in [2.45, 2.75) is 13.5 Å². The molecule has 0 radical (unpaired) electrons. The molecule has 0 aliphatic heterocycles. The Morgan fingerprint density at radius 1 is 1.53 bits per heavy atom. The number of hydrogen-bond acceptors (Lipinski definition) is 4. The average molecular weight is 208 g/mol. The molecule has 4 nitrogen and oxygen atoms in total. The number of carbonyl (C=O) groups excluding carboxylic acids is 1. The lowest BCUT2D eigenvalue weighted by molar-refractivity contribution is 0.0601. The smallest absolute Gasteiger partial charge is 0.337 e. The number of benzene rings is 1. The molecule has 1 aromatic rings. The van der Waals surface area contributed by atoms with Gasteiger partial charge in [-0.2, -0.15) is 0 Å². The van der Waals surface area contributed by atoms with Crippen LogP contribution in [0.3, 0.4) is 0 Å². The fourth-order valence-corrected chi connectivity index (χ4v) is 1.26. The van der Waals surface area contributed by atoms with E-state index in [1.165, 1.54) is 7.11 Å². The molecule has 0 fully saturated rings. The van der Waals surface area contributed by atoms with Crippen LogP contribution in [0.2, 0.25) is 0 Å². The molecule has 0 spiro atoms. The Labute approximate surface area is 89.4 Å². The van der Waals surface area contributed by atoms with Crippen LogP contribution in [0, 0.1) is 0 Å². The zero-order chi connectivity index (χ0) is 11.3. The van der Waals surface area contributed by atoms with Crippen LogP contribution in [0.4, 0.5) is 5.69 Å². The minimum atomic E-state index is -0.364. The van der Waals surface area contributed by atoms with Gasteiger partial charge in [0.2, 0.25) is 0 Å². The second-order valence-electron chi connectivity index (χ2n) is 3.19. The number of hydrogen-bond donors (Lipinski definition) is 2. The van der Waals surface area contributed by atoms with Crippen molar-refractivity contribution in [3.63, 3.8) is 0 Å². The van der Waals surface area contributed by atoms with Crippen LogP contribution in [0.15, 0.2) is 18.2 Å². The standard InChI is InChI=1S/C11H16N2O2/c1-3-13-7-9-5-4-8(6-10(9)12)11(14)15-2/h4-6,13H,3,7,12H2,1-2H3. The number of nitrogen functional groups attached to an aromatic ring is 1. The summed E-state index contributed by atoms with van der Waals surface area (Å²) in [5, 5.41) is 3.17. The molecule has 82 valence electrons. The highest BCUT2D eigenvalue weighted by molar-refractivity contribution is 5.90. The van der Waals surface area contributed by atoms with Gasteiger partial charge < -0.3 is 15.8 Å². The Morgan fingerprint density at radius 3 is 2.80 bits per heavy atom. The van der Waals surface area contributed by atoms with E-state index < -0.39 is 0 Å². The van der Waals surface area contributed by atoms with Crippen molar-refractivity contribution in [2.75, 3.05) is 19.4 Å². The van der Waals surface area contributed by atoms with Gasteiger partial charge in [-0.05, 0) is 24.2 Å². The maximum absolute atomic E-state index is 11.2. The van der Waals surface area contributed by atoms with Gasteiger partial charge in [0.05, 0.1) is 12.7 Å². The first-order chi connectivity index (χ1) is 7.19. The van der Waals surface area contributed by atoms with Crippen LogP contribution in [-0.2, 0) is 11.3 Å². The van der Waals surface area contributed by atoms with E-state index in [0.29, 0.717) is 17.8 Å². The van der Waals surface area contributed by atoms with E-state index in [-0.39, 0.29) is 5.97 Å². The zero-order valence-electron chi connectivity index (χ0n) is 9.04. The van der Waals surface area contributed by atoms with Crippen molar-refractivity contribution < 1.29 is 9.53 Å². The first kappa shape index (κ1) is 11.5. The lowest BCUT2D eigenvalue weighted by Crippen LogP contribution is -2.13. The molecule has 0 heterocycles. The number of carbonyl (C=O) groups is 1. The SMILES string of the molecule is CCNCc1ccc(C(=O)OC)cc1N. The van der Waals surface area contributed by atoms with E-state index in [2.05, 4.69) is 10.1 Å². The molecule has 3 N–H and O–H groups in total. The fraction of sp³-hybridized carbons (Fsp3) is 0.364. The molecule has 0 aliphatic rings. The third-order valence-corrected chi connectivity index (χ3v) is 2.13. The maximum atomic E-state index is 11.2. The predicted molar refractivity (Wildman–Crippen MR) is 59.6 cm³/mol. The van der Waals surface area contributed by atoms with E-state index in [1.54, 1.807) is 12.1 Å². The zero-order valence-corrected chi connectivity index (χ0v) is 9.04. The summed E-state index contributed by atoms with van der Waals surface area (Å²) < 4.78 is 4.60. The number of ether oxygens (including phenoxy) is 1. The average Bonchev–Trinajstić information content (AvgIpc) is 2.26. The second-order valence-corrected chi connectivity index (χ2v) is 3.19. The largest absolute Gasteiger partial charge is 0.465 e. The Balaban J connectivity index is 2.83. The van der Waals surface area contributed by atoms with Gasteiger partial charge in [0.25, 0.3) is 0 Å². The first-order valence-corrected chi connectivity index (χ1v) is 4.86. The Hall–Kier alpha value is -1.55.